The van der Waals surface area contributed by atoms with Crippen LogP contribution in [-0.2, 0) is 0 Å². The maximum Gasteiger partial charge on any atom is 0.376 e. The molecular formula is C13H23BN2O2. The Kier molecular flexibility index (Phi) is 6.02. The highest BCUT2D eigenvalue weighted by Gasteiger charge is 2.23. The van der Waals surface area contributed by atoms with Gasteiger partial charge in [-0.15, -0.1) is 0 Å². The Labute approximate surface area is 110 Å². The molecule has 0 saturated carbocycles. The lowest BCUT2D eigenvalue weighted by atomic mass is 9.84. The molecule has 4 nitrogen and oxygen atoms in total. The number of benzene rings is 1. The Morgan fingerprint density at radius 2 is 1.61 bits per heavy atom. The number of phenols is 1. The van der Waals surface area contributed by atoms with E-state index in [9.17, 15) is 10.1 Å². The summed E-state index contributed by atoms with van der Waals surface area (Å²) in [5.74, 6) is 0.327. The van der Waals surface area contributed by atoms with Crippen molar-refractivity contribution in [1.82, 2.24) is 4.81 Å². The third-order valence-corrected chi connectivity index (χ3v) is 3.07. The lowest BCUT2D eigenvalue weighted by molar-refractivity contribution is 0.343. The molecule has 100 valence electrons. The van der Waals surface area contributed by atoms with Gasteiger partial charge in [0.05, 0.1) is 5.69 Å². The number of nitrogens with zero attached hydrogens (tertiary/aromatic N) is 2. The first kappa shape index (κ1) is 14.9. The SMILES string of the molecule is CB(O)N1CCN(c2ccccc2O)CC1.CC. The van der Waals surface area contributed by atoms with Crippen LogP contribution in [0.3, 0.4) is 0 Å². The molecule has 0 bridgehead atoms. The van der Waals surface area contributed by atoms with Crippen LogP contribution in [-0.4, -0.2) is 48.2 Å². The second-order valence-corrected chi connectivity index (χ2v) is 4.14. The van der Waals surface area contributed by atoms with Gasteiger partial charge < -0.3 is 19.8 Å². The largest absolute Gasteiger partial charge is 0.506 e. The Hall–Kier alpha value is -1.20. The average Bonchev–Trinajstić information content (AvgIpc) is 2.42. The minimum atomic E-state index is -0.383. The summed E-state index contributed by atoms with van der Waals surface area (Å²) in [7, 11) is -0.383. The predicted molar refractivity (Wildman–Crippen MR) is 77.1 cm³/mol. The first-order valence-electron chi connectivity index (χ1n) is 6.63. The number of anilines is 1. The van der Waals surface area contributed by atoms with E-state index >= 15 is 0 Å². The maximum atomic E-state index is 9.73. The van der Waals surface area contributed by atoms with E-state index in [1.54, 1.807) is 12.9 Å². The molecule has 0 unspecified atom stereocenters. The minimum Gasteiger partial charge on any atom is -0.506 e. The van der Waals surface area contributed by atoms with E-state index in [2.05, 4.69) is 4.90 Å². The third kappa shape index (κ3) is 3.65. The van der Waals surface area contributed by atoms with Crippen molar-refractivity contribution in [2.75, 3.05) is 31.1 Å². The van der Waals surface area contributed by atoms with Gasteiger partial charge in [0.25, 0.3) is 0 Å². The fourth-order valence-corrected chi connectivity index (χ4v) is 2.07. The van der Waals surface area contributed by atoms with Gasteiger partial charge in [0.15, 0.2) is 0 Å². The zero-order chi connectivity index (χ0) is 13.5. The van der Waals surface area contributed by atoms with Gasteiger partial charge in [-0.2, -0.15) is 0 Å². The topological polar surface area (TPSA) is 46.9 Å². The molecule has 1 fully saturated rings. The molecule has 1 heterocycles. The number of piperazine rings is 1. The van der Waals surface area contributed by atoms with Crippen molar-refractivity contribution in [2.24, 2.45) is 0 Å². The van der Waals surface area contributed by atoms with Gasteiger partial charge in [-0.05, 0) is 19.0 Å². The summed E-state index contributed by atoms with van der Waals surface area (Å²) in [6.07, 6.45) is 0. The monoisotopic (exact) mass is 250 g/mol. The second kappa shape index (κ2) is 7.29. The maximum absolute atomic E-state index is 9.73. The molecule has 18 heavy (non-hydrogen) atoms. The quantitative estimate of drug-likeness (QED) is 0.783. The van der Waals surface area contributed by atoms with Crippen LogP contribution in [0.1, 0.15) is 13.8 Å². The fourth-order valence-electron chi connectivity index (χ4n) is 2.07. The van der Waals surface area contributed by atoms with Crippen molar-refractivity contribution >= 4 is 12.7 Å². The number of para-hydroxylation sites is 2. The Morgan fingerprint density at radius 3 is 2.11 bits per heavy atom. The molecule has 0 aromatic heterocycles. The van der Waals surface area contributed by atoms with E-state index in [0.717, 1.165) is 31.9 Å². The zero-order valence-corrected chi connectivity index (χ0v) is 11.5. The molecular weight excluding hydrogens is 227 g/mol. The van der Waals surface area contributed by atoms with Gasteiger partial charge in [-0.3, -0.25) is 0 Å². The van der Waals surface area contributed by atoms with Crippen molar-refractivity contribution in [1.29, 1.82) is 0 Å². The number of aromatic hydroxyl groups is 1. The van der Waals surface area contributed by atoms with Gasteiger partial charge in [0.2, 0.25) is 0 Å². The second-order valence-electron chi connectivity index (χ2n) is 4.14. The molecule has 0 spiro atoms. The van der Waals surface area contributed by atoms with Crippen LogP contribution in [0.2, 0.25) is 6.82 Å². The molecule has 0 radical (unpaired) electrons. The van der Waals surface area contributed by atoms with Crippen LogP contribution in [0.4, 0.5) is 5.69 Å². The normalized spacial score (nSPS) is 15.9. The molecule has 0 atom stereocenters. The lowest BCUT2D eigenvalue weighted by Crippen LogP contribution is -2.51. The number of rotatable bonds is 2. The summed E-state index contributed by atoms with van der Waals surface area (Å²) in [4.78, 5) is 4.17. The highest BCUT2D eigenvalue weighted by atomic mass is 16.3. The average molecular weight is 250 g/mol. The summed E-state index contributed by atoms with van der Waals surface area (Å²) in [6.45, 7) is 9.11. The van der Waals surface area contributed by atoms with Crippen molar-refractivity contribution in [3.05, 3.63) is 24.3 Å². The van der Waals surface area contributed by atoms with E-state index < -0.39 is 0 Å². The molecule has 1 aliphatic rings. The van der Waals surface area contributed by atoms with Crippen LogP contribution in [0.15, 0.2) is 24.3 Å². The summed E-state index contributed by atoms with van der Waals surface area (Å²) in [5.41, 5.74) is 0.882. The standard InChI is InChI=1S/C11H17BN2O2.C2H6/c1-12(16)14-8-6-13(7-9-14)10-4-2-3-5-11(10)15;1-2/h2-5,15-16H,6-9H2,1H3;1-2H3. The Morgan fingerprint density at radius 1 is 1.06 bits per heavy atom. The van der Waals surface area contributed by atoms with Crippen molar-refractivity contribution in [3.63, 3.8) is 0 Å². The van der Waals surface area contributed by atoms with Crippen LogP contribution < -0.4 is 4.90 Å². The molecule has 1 aromatic carbocycles. The molecule has 2 rings (SSSR count). The first-order chi connectivity index (χ1) is 8.68. The molecule has 0 aliphatic carbocycles. The van der Waals surface area contributed by atoms with Crippen molar-refractivity contribution in [2.45, 2.75) is 20.7 Å². The predicted octanol–water partition coefficient (Wildman–Crippen LogP) is 1.65. The van der Waals surface area contributed by atoms with E-state index in [1.165, 1.54) is 0 Å². The van der Waals surface area contributed by atoms with Gasteiger partial charge in [-0.25, -0.2) is 0 Å². The Balaban J connectivity index is 0.000000771. The number of hydrogen-bond donors (Lipinski definition) is 2. The van der Waals surface area contributed by atoms with Gasteiger partial charge >= 0.3 is 7.05 Å². The molecule has 5 heteroatoms. The molecule has 2 N–H and O–H groups in total. The molecule has 0 amide bonds. The number of hydrogen-bond acceptors (Lipinski definition) is 4. The summed E-state index contributed by atoms with van der Waals surface area (Å²) < 4.78 is 0. The van der Waals surface area contributed by atoms with E-state index in [4.69, 9.17) is 0 Å². The summed E-state index contributed by atoms with van der Waals surface area (Å²) >= 11 is 0. The van der Waals surface area contributed by atoms with E-state index in [1.807, 2.05) is 36.9 Å². The lowest BCUT2D eigenvalue weighted by Gasteiger charge is -2.36. The number of phenolic OH excluding ortho intramolecular Hbond substituents is 1. The minimum absolute atomic E-state index is 0.327. The zero-order valence-electron chi connectivity index (χ0n) is 11.5. The van der Waals surface area contributed by atoms with Crippen LogP contribution in [0.25, 0.3) is 0 Å². The molecule has 1 aliphatic heterocycles. The summed E-state index contributed by atoms with van der Waals surface area (Å²) in [5, 5.41) is 19.2. The Bertz CT molecular complexity index is 353. The van der Waals surface area contributed by atoms with E-state index in [-0.39, 0.29) is 7.05 Å². The summed E-state index contributed by atoms with van der Waals surface area (Å²) in [6, 6.07) is 7.38. The highest BCUT2D eigenvalue weighted by molar-refractivity contribution is 6.45. The third-order valence-electron chi connectivity index (χ3n) is 3.07. The van der Waals surface area contributed by atoms with Gasteiger partial charge in [0, 0.05) is 26.2 Å². The molecule has 1 saturated heterocycles. The van der Waals surface area contributed by atoms with Gasteiger partial charge in [0.1, 0.15) is 5.75 Å². The van der Waals surface area contributed by atoms with Crippen LogP contribution in [0, 0.1) is 0 Å². The first-order valence-corrected chi connectivity index (χ1v) is 6.63. The van der Waals surface area contributed by atoms with Crippen LogP contribution >= 0.6 is 0 Å². The van der Waals surface area contributed by atoms with E-state index in [0.29, 0.717) is 5.75 Å². The van der Waals surface area contributed by atoms with Crippen molar-refractivity contribution in [3.8, 4) is 5.75 Å². The van der Waals surface area contributed by atoms with Crippen LogP contribution in [0.5, 0.6) is 5.75 Å². The van der Waals surface area contributed by atoms with Crippen molar-refractivity contribution < 1.29 is 10.1 Å². The molecule has 1 aromatic rings. The highest BCUT2D eigenvalue weighted by Crippen LogP contribution is 2.27. The smallest absolute Gasteiger partial charge is 0.376 e. The fraction of sp³-hybridized carbons (Fsp3) is 0.538. The van der Waals surface area contributed by atoms with Gasteiger partial charge in [-0.1, -0.05) is 26.0 Å².